The van der Waals surface area contributed by atoms with Crippen molar-refractivity contribution < 1.29 is 23.7 Å². The van der Waals surface area contributed by atoms with Gasteiger partial charge in [-0.3, -0.25) is 0 Å². The van der Waals surface area contributed by atoms with Crippen molar-refractivity contribution >= 4 is 5.97 Å². The zero-order chi connectivity index (χ0) is 14.9. The third-order valence-electron chi connectivity index (χ3n) is 3.92. The maximum Gasteiger partial charge on any atom is 0.415 e. The monoisotopic (exact) mass is 294 g/mol. The van der Waals surface area contributed by atoms with E-state index in [-0.39, 0.29) is 0 Å². The summed E-state index contributed by atoms with van der Waals surface area (Å²) in [6.45, 7) is 3.74. The molecule has 1 fully saturated rings. The third kappa shape index (κ3) is 3.40. The molecule has 5 heteroatoms. The number of allylic oxidation sites excluding steroid dienone is 4. The maximum atomic E-state index is 12.1. The molecule has 0 bridgehead atoms. The number of carbonyl (C=O) groups excluding carboxylic acids is 1. The number of esters is 1. The first-order valence-corrected chi connectivity index (χ1v) is 7.63. The Morgan fingerprint density at radius 1 is 1.19 bits per heavy atom. The van der Waals surface area contributed by atoms with Gasteiger partial charge in [0.15, 0.2) is 5.60 Å². The molecule has 0 N–H and O–H groups in total. The predicted molar refractivity (Wildman–Crippen MR) is 74.9 cm³/mol. The summed E-state index contributed by atoms with van der Waals surface area (Å²) in [5.74, 6) is -0.211. The highest BCUT2D eigenvalue weighted by molar-refractivity contribution is 5.82. The molecular weight excluding hydrogens is 272 g/mol. The molecule has 1 aliphatic heterocycles. The van der Waals surface area contributed by atoms with Crippen LogP contribution in [0.3, 0.4) is 0 Å². The first-order valence-electron chi connectivity index (χ1n) is 7.63. The van der Waals surface area contributed by atoms with Crippen LogP contribution in [0.25, 0.3) is 0 Å². The fraction of sp³-hybridized carbons (Fsp3) is 0.688. The van der Waals surface area contributed by atoms with Crippen molar-refractivity contribution in [2.24, 2.45) is 0 Å². The average Bonchev–Trinajstić information content (AvgIpc) is 2.84. The van der Waals surface area contributed by atoms with E-state index in [1.807, 2.05) is 12.2 Å². The van der Waals surface area contributed by atoms with E-state index in [0.29, 0.717) is 6.61 Å². The summed E-state index contributed by atoms with van der Waals surface area (Å²) in [6, 6.07) is 0. The van der Waals surface area contributed by atoms with E-state index in [0.717, 1.165) is 50.0 Å². The number of hydrogen-bond acceptors (Lipinski definition) is 5. The minimum Gasteiger partial charge on any atom is -0.426 e. The van der Waals surface area contributed by atoms with Gasteiger partial charge in [-0.05, 0) is 44.8 Å². The highest BCUT2D eigenvalue weighted by atomic mass is 16.9. The van der Waals surface area contributed by atoms with Gasteiger partial charge >= 0.3 is 11.9 Å². The number of ether oxygens (including phenoxy) is 4. The van der Waals surface area contributed by atoms with E-state index in [1.165, 1.54) is 0 Å². The highest BCUT2D eigenvalue weighted by Crippen LogP contribution is 2.35. The molecule has 1 atom stereocenters. The molecule has 3 aliphatic rings. The Balaban J connectivity index is 1.70. The third-order valence-corrected chi connectivity index (χ3v) is 3.92. The fourth-order valence-electron chi connectivity index (χ4n) is 2.51. The molecule has 116 valence electrons. The summed E-state index contributed by atoms with van der Waals surface area (Å²) in [6.07, 6.45) is 9.84. The first kappa shape index (κ1) is 14.4. The summed E-state index contributed by atoms with van der Waals surface area (Å²) < 4.78 is 22.3. The molecule has 0 radical (unpaired) electrons. The normalized spacial score (nSPS) is 27.9. The maximum absolute atomic E-state index is 12.1. The second kappa shape index (κ2) is 5.37. The Labute approximate surface area is 124 Å². The van der Waals surface area contributed by atoms with Crippen molar-refractivity contribution in [2.75, 3.05) is 6.61 Å². The molecule has 1 saturated heterocycles. The van der Waals surface area contributed by atoms with E-state index in [1.54, 1.807) is 13.8 Å². The Bertz CT molecular complexity index is 461. The van der Waals surface area contributed by atoms with Crippen LogP contribution < -0.4 is 0 Å². The van der Waals surface area contributed by atoms with Gasteiger partial charge in [-0.15, -0.1) is 0 Å². The summed E-state index contributed by atoms with van der Waals surface area (Å²) in [7, 11) is 0. The van der Waals surface area contributed by atoms with Gasteiger partial charge in [0.2, 0.25) is 0 Å². The Hall–Kier alpha value is -1.49. The zero-order valence-corrected chi connectivity index (χ0v) is 12.6. The number of carbonyl (C=O) groups is 1. The van der Waals surface area contributed by atoms with Crippen LogP contribution in [0.4, 0.5) is 0 Å². The van der Waals surface area contributed by atoms with Gasteiger partial charge in [-0.1, -0.05) is 0 Å². The quantitative estimate of drug-likeness (QED) is 0.428. The lowest BCUT2D eigenvalue weighted by molar-refractivity contribution is -0.325. The van der Waals surface area contributed by atoms with E-state index in [9.17, 15) is 4.79 Å². The molecule has 1 unspecified atom stereocenters. The zero-order valence-electron chi connectivity index (χ0n) is 12.6. The summed E-state index contributed by atoms with van der Waals surface area (Å²) in [5, 5.41) is 0. The largest absolute Gasteiger partial charge is 0.426 e. The lowest BCUT2D eigenvalue weighted by Crippen LogP contribution is -2.41. The Morgan fingerprint density at radius 2 is 1.71 bits per heavy atom. The molecule has 1 heterocycles. The van der Waals surface area contributed by atoms with E-state index in [4.69, 9.17) is 18.9 Å². The van der Waals surface area contributed by atoms with Crippen LogP contribution in [0, 0.1) is 0 Å². The molecule has 3 rings (SSSR count). The lowest BCUT2D eigenvalue weighted by Gasteiger charge is -2.31. The molecule has 0 amide bonds. The first-order chi connectivity index (χ1) is 9.99. The molecule has 0 spiro atoms. The molecule has 0 aromatic rings. The van der Waals surface area contributed by atoms with Crippen molar-refractivity contribution in [3.8, 4) is 0 Å². The van der Waals surface area contributed by atoms with Crippen LogP contribution in [0.2, 0.25) is 0 Å². The van der Waals surface area contributed by atoms with Gasteiger partial charge in [0, 0.05) is 12.8 Å². The van der Waals surface area contributed by atoms with Crippen LogP contribution in [-0.4, -0.2) is 24.2 Å². The van der Waals surface area contributed by atoms with E-state index in [2.05, 4.69) is 0 Å². The molecular formula is C16H22O5. The average molecular weight is 294 g/mol. The van der Waals surface area contributed by atoms with Gasteiger partial charge < -0.3 is 18.9 Å². The molecule has 0 aromatic carbocycles. The minimum atomic E-state index is -1.42. The van der Waals surface area contributed by atoms with E-state index < -0.39 is 17.5 Å². The smallest absolute Gasteiger partial charge is 0.415 e. The number of hydrogen-bond donors (Lipinski definition) is 0. The number of rotatable bonds is 6. The molecule has 2 aliphatic carbocycles. The summed E-state index contributed by atoms with van der Waals surface area (Å²) >= 11 is 0. The molecule has 0 saturated carbocycles. The summed E-state index contributed by atoms with van der Waals surface area (Å²) in [5.41, 5.74) is -0.845. The van der Waals surface area contributed by atoms with Gasteiger partial charge in [0.25, 0.3) is 0 Å². The van der Waals surface area contributed by atoms with Crippen molar-refractivity contribution in [1.29, 1.82) is 0 Å². The van der Waals surface area contributed by atoms with Crippen molar-refractivity contribution in [1.82, 2.24) is 0 Å². The second-order valence-corrected chi connectivity index (χ2v) is 6.10. The second-order valence-electron chi connectivity index (χ2n) is 6.10. The highest BCUT2D eigenvalue weighted by Gasteiger charge is 2.52. The Kier molecular flexibility index (Phi) is 3.69. The van der Waals surface area contributed by atoms with Crippen LogP contribution in [0.5, 0.6) is 0 Å². The van der Waals surface area contributed by atoms with Gasteiger partial charge in [-0.25, -0.2) is 4.79 Å². The van der Waals surface area contributed by atoms with Crippen LogP contribution in [0.15, 0.2) is 23.7 Å². The Morgan fingerprint density at radius 3 is 2.10 bits per heavy atom. The van der Waals surface area contributed by atoms with Crippen molar-refractivity contribution in [3.05, 3.63) is 23.7 Å². The van der Waals surface area contributed by atoms with Gasteiger partial charge in [0.1, 0.15) is 11.5 Å². The van der Waals surface area contributed by atoms with Crippen molar-refractivity contribution in [3.63, 3.8) is 0 Å². The fourth-order valence-corrected chi connectivity index (χ4v) is 2.51. The van der Waals surface area contributed by atoms with Crippen LogP contribution in [0.1, 0.15) is 52.4 Å². The topological polar surface area (TPSA) is 57.3 Å². The molecule has 5 nitrogen and oxygen atoms in total. The van der Waals surface area contributed by atoms with E-state index >= 15 is 0 Å². The number of epoxide rings is 1. The lowest BCUT2D eigenvalue weighted by atomic mass is 10.2. The SMILES string of the molecule is CC(OC(=O)C1(C)CO1)(OC1=CCCC1)OC1=CCCC1. The van der Waals surface area contributed by atoms with Gasteiger partial charge in [0.05, 0.1) is 13.5 Å². The standard InChI is InChI=1S/C16H22O5/c1-15(11-18-15)14(17)21-16(2,19-12-7-3-4-8-12)20-13-9-5-6-10-13/h7,9H,3-6,8,10-11H2,1-2H3. The molecule has 0 aromatic heterocycles. The van der Waals surface area contributed by atoms with Crippen LogP contribution in [-0.2, 0) is 23.7 Å². The molecule has 21 heavy (non-hydrogen) atoms. The van der Waals surface area contributed by atoms with Gasteiger partial charge in [-0.2, -0.15) is 0 Å². The summed E-state index contributed by atoms with van der Waals surface area (Å²) in [4.78, 5) is 12.1. The van der Waals surface area contributed by atoms with Crippen molar-refractivity contribution in [2.45, 2.75) is 63.9 Å². The van der Waals surface area contributed by atoms with Crippen LogP contribution >= 0.6 is 0 Å². The predicted octanol–water partition coefficient (Wildman–Crippen LogP) is 3.16. The minimum absolute atomic E-state index is 0.382.